The third kappa shape index (κ3) is 2.97. The predicted octanol–water partition coefficient (Wildman–Crippen LogP) is 2.21. The first-order valence-corrected chi connectivity index (χ1v) is 6.51. The average Bonchev–Trinajstić information content (AvgIpc) is 2.27. The number of aliphatic hydroxyl groups is 1. The lowest BCUT2D eigenvalue weighted by Crippen LogP contribution is -2.47. The van der Waals surface area contributed by atoms with Crippen molar-refractivity contribution in [2.75, 3.05) is 25.6 Å². The van der Waals surface area contributed by atoms with Gasteiger partial charge in [0.2, 0.25) is 0 Å². The van der Waals surface area contributed by atoms with E-state index in [2.05, 4.69) is 0 Å². The van der Waals surface area contributed by atoms with Gasteiger partial charge in [0.25, 0.3) is 0 Å². The topological polar surface area (TPSA) is 29.5 Å². The van der Waals surface area contributed by atoms with E-state index in [1.165, 1.54) is 6.07 Å². The fourth-order valence-electron chi connectivity index (χ4n) is 1.63. The molecule has 0 unspecified atom stereocenters. The van der Waals surface area contributed by atoms with Gasteiger partial charge in [-0.25, -0.2) is 8.78 Å². The van der Waals surface area contributed by atoms with Crippen LogP contribution in [0.1, 0.15) is 5.56 Å². The lowest BCUT2D eigenvalue weighted by Gasteiger charge is -2.39. The molecule has 0 amide bonds. The van der Waals surface area contributed by atoms with E-state index in [0.29, 0.717) is 19.0 Å². The molecule has 1 N–H and O–H groups in total. The smallest absolute Gasteiger partial charge is 0.159 e. The number of halogens is 2. The molecule has 0 saturated carbocycles. The largest absolute Gasteiger partial charge is 0.396 e. The molecule has 1 aromatic carbocycles. The van der Waals surface area contributed by atoms with Crippen LogP contribution in [0.15, 0.2) is 18.2 Å². The van der Waals surface area contributed by atoms with E-state index in [1.807, 2.05) is 0 Å². The summed E-state index contributed by atoms with van der Waals surface area (Å²) < 4.78 is 30.7. The summed E-state index contributed by atoms with van der Waals surface area (Å²) in [7, 11) is 0. The van der Waals surface area contributed by atoms with Crippen LogP contribution >= 0.6 is 11.8 Å². The summed E-state index contributed by atoms with van der Waals surface area (Å²) in [5, 5.41) is 9.21. The maximum atomic E-state index is 12.9. The molecule has 2 nitrogen and oxygen atoms in total. The van der Waals surface area contributed by atoms with Crippen molar-refractivity contribution in [3.63, 3.8) is 0 Å². The summed E-state index contributed by atoms with van der Waals surface area (Å²) in [5.74, 6) is -0.258. The number of hydrogen-bond acceptors (Lipinski definition) is 3. The molecule has 0 radical (unpaired) electrons. The van der Waals surface area contributed by atoms with E-state index in [0.717, 1.165) is 17.4 Å². The zero-order valence-corrected chi connectivity index (χ0v) is 10.1. The molecule has 2 rings (SSSR count). The molecule has 0 bridgehead atoms. The van der Waals surface area contributed by atoms with Crippen LogP contribution in [-0.2, 0) is 10.5 Å². The minimum Gasteiger partial charge on any atom is -0.396 e. The maximum absolute atomic E-state index is 12.9. The van der Waals surface area contributed by atoms with Crippen LogP contribution in [0.3, 0.4) is 0 Å². The predicted molar refractivity (Wildman–Crippen MR) is 62.9 cm³/mol. The molecule has 1 fully saturated rings. The molecular weight excluding hydrogens is 246 g/mol. The Kier molecular flexibility index (Phi) is 4.01. The molecule has 1 heterocycles. The van der Waals surface area contributed by atoms with Crippen molar-refractivity contribution in [1.82, 2.24) is 0 Å². The average molecular weight is 260 g/mol. The Hall–Kier alpha value is -0.650. The van der Waals surface area contributed by atoms with Crippen molar-refractivity contribution in [3.8, 4) is 0 Å². The molecule has 1 aromatic rings. The van der Waals surface area contributed by atoms with Crippen LogP contribution in [-0.4, -0.2) is 30.7 Å². The number of rotatable bonds is 5. The molecule has 1 aliphatic heterocycles. The standard InChI is InChI=1S/C12H14F2O2S/c13-10-2-1-9(3-11(10)14)4-17-8-12(5-15)6-16-7-12/h1-3,15H,4-8H2. The van der Waals surface area contributed by atoms with Crippen LogP contribution in [0.25, 0.3) is 0 Å². The van der Waals surface area contributed by atoms with Crippen LogP contribution in [0.5, 0.6) is 0 Å². The second-order valence-electron chi connectivity index (χ2n) is 4.39. The molecule has 1 aliphatic rings. The van der Waals surface area contributed by atoms with Crippen molar-refractivity contribution >= 4 is 11.8 Å². The molecule has 5 heteroatoms. The number of ether oxygens (including phenoxy) is 1. The minimum atomic E-state index is -0.821. The highest BCUT2D eigenvalue weighted by Gasteiger charge is 2.37. The van der Waals surface area contributed by atoms with E-state index in [4.69, 9.17) is 4.74 Å². The van der Waals surface area contributed by atoms with Crippen molar-refractivity contribution in [2.45, 2.75) is 5.75 Å². The van der Waals surface area contributed by atoms with Gasteiger partial charge in [0.15, 0.2) is 11.6 Å². The maximum Gasteiger partial charge on any atom is 0.159 e. The van der Waals surface area contributed by atoms with Gasteiger partial charge in [-0.3, -0.25) is 0 Å². The third-order valence-corrected chi connectivity index (χ3v) is 4.17. The second-order valence-corrected chi connectivity index (χ2v) is 5.38. The lowest BCUT2D eigenvalue weighted by molar-refractivity contribution is -0.121. The minimum absolute atomic E-state index is 0.109. The Morgan fingerprint density at radius 3 is 2.59 bits per heavy atom. The monoisotopic (exact) mass is 260 g/mol. The van der Waals surface area contributed by atoms with Crippen molar-refractivity contribution in [2.24, 2.45) is 5.41 Å². The van der Waals surface area contributed by atoms with Crippen molar-refractivity contribution in [3.05, 3.63) is 35.4 Å². The van der Waals surface area contributed by atoms with E-state index in [9.17, 15) is 13.9 Å². The highest BCUT2D eigenvalue weighted by molar-refractivity contribution is 7.98. The van der Waals surface area contributed by atoms with Gasteiger partial charge in [-0.05, 0) is 17.7 Å². The fraction of sp³-hybridized carbons (Fsp3) is 0.500. The second kappa shape index (κ2) is 5.33. The van der Waals surface area contributed by atoms with E-state index in [1.54, 1.807) is 17.8 Å². The molecule has 94 valence electrons. The highest BCUT2D eigenvalue weighted by atomic mass is 32.2. The summed E-state index contributed by atoms with van der Waals surface area (Å²) in [6, 6.07) is 3.93. The Balaban J connectivity index is 1.83. The SMILES string of the molecule is OCC1(CSCc2ccc(F)c(F)c2)COC1. The zero-order valence-electron chi connectivity index (χ0n) is 9.29. The summed E-state index contributed by atoms with van der Waals surface area (Å²) in [6.45, 7) is 1.26. The first kappa shape index (κ1) is 12.8. The Bertz CT molecular complexity index is 389. The summed E-state index contributed by atoms with van der Waals surface area (Å²) in [6.07, 6.45) is 0. The van der Waals surface area contributed by atoms with Crippen molar-refractivity contribution < 1.29 is 18.6 Å². The van der Waals surface area contributed by atoms with Gasteiger partial charge in [-0.15, -0.1) is 0 Å². The normalized spacial score (nSPS) is 17.8. The van der Waals surface area contributed by atoms with Gasteiger partial charge in [-0.2, -0.15) is 11.8 Å². The van der Waals surface area contributed by atoms with Gasteiger partial charge >= 0.3 is 0 Å². The zero-order chi connectivity index (χ0) is 12.3. The van der Waals surface area contributed by atoms with Crippen molar-refractivity contribution in [1.29, 1.82) is 0 Å². The van der Waals surface area contributed by atoms with E-state index < -0.39 is 11.6 Å². The fourth-order valence-corrected chi connectivity index (χ4v) is 2.83. The van der Waals surface area contributed by atoms with Gasteiger partial charge < -0.3 is 9.84 Å². The summed E-state index contributed by atoms with van der Waals surface area (Å²) >= 11 is 1.60. The molecule has 0 spiro atoms. The Morgan fingerprint density at radius 1 is 1.29 bits per heavy atom. The molecule has 0 atom stereocenters. The Morgan fingerprint density at radius 2 is 2.06 bits per heavy atom. The van der Waals surface area contributed by atoms with E-state index >= 15 is 0 Å². The Labute approximate surface area is 103 Å². The first-order chi connectivity index (χ1) is 8.15. The van der Waals surface area contributed by atoms with Gasteiger partial charge in [0.05, 0.1) is 19.8 Å². The van der Waals surface area contributed by atoms with Gasteiger partial charge in [-0.1, -0.05) is 6.07 Å². The third-order valence-electron chi connectivity index (χ3n) is 2.81. The molecule has 1 saturated heterocycles. The van der Waals surface area contributed by atoms with Gasteiger partial charge in [0, 0.05) is 16.9 Å². The number of thioether (sulfide) groups is 1. The van der Waals surface area contributed by atoms with Crippen LogP contribution in [0.4, 0.5) is 8.78 Å². The van der Waals surface area contributed by atoms with Crippen LogP contribution in [0.2, 0.25) is 0 Å². The molecule has 0 aliphatic carbocycles. The molecule has 0 aromatic heterocycles. The van der Waals surface area contributed by atoms with Crippen LogP contribution < -0.4 is 0 Å². The number of hydrogen-bond donors (Lipinski definition) is 1. The molecular formula is C12H14F2O2S. The lowest BCUT2D eigenvalue weighted by atomic mass is 9.90. The summed E-state index contributed by atoms with van der Waals surface area (Å²) in [5.41, 5.74) is 0.616. The summed E-state index contributed by atoms with van der Waals surface area (Å²) in [4.78, 5) is 0. The molecule has 17 heavy (non-hydrogen) atoms. The number of aliphatic hydroxyl groups excluding tert-OH is 1. The van der Waals surface area contributed by atoms with Crippen LogP contribution in [0, 0.1) is 17.0 Å². The highest BCUT2D eigenvalue weighted by Crippen LogP contribution is 2.32. The van der Waals surface area contributed by atoms with E-state index in [-0.39, 0.29) is 12.0 Å². The first-order valence-electron chi connectivity index (χ1n) is 5.35. The quantitative estimate of drug-likeness (QED) is 0.880. The number of benzene rings is 1. The van der Waals surface area contributed by atoms with Gasteiger partial charge in [0.1, 0.15) is 0 Å².